The molecule has 0 radical (unpaired) electrons. The van der Waals surface area contributed by atoms with Crippen LogP contribution in [0.3, 0.4) is 0 Å². The van der Waals surface area contributed by atoms with Gasteiger partial charge >= 0.3 is 0 Å². The van der Waals surface area contributed by atoms with Gasteiger partial charge in [-0.05, 0) is 63.4 Å². The molecule has 0 aliphatic rings. The maximum Gasteiger partial charge on any atom is 0.0627 e. The van der Waals surface area contributed by atoms with Crippen molar-refractivity contribution in [3.8, 4) is 27.9 Å². The smallest absolute Gasteiger partial charge is 0.0627 e. The molecule has 0 saturated heterocycles. The minimum Gasteiger partial charge on any atom is -0.309 e. The van der Waals surface area contributed by atoms with Crippen LogP contribution < -0.4 is 0 Å². The van der Waals surface area contributed by atoms with Gasteiger partial charge in [0.2, 0.25) is 0 Å². The molecule has 2 heteroatoms. The van der Waals surface area contributed by atoms with Crippen LogP contribution in [0, 0.1) is 0 Å². The second-order valence-electron chi connectivity index (χ2n) is 14.1. The van der Waals surface area contributed by atoms with Gasteiger partial charge in [0, 0.05) is 48.8 Å². The van der Waals surface area contributed by atoms with Gasteiger partial charge in [-0.3, -0.25) is 0 Å². The fraction of sp³-hybridized carbons (Fsp3) is 0. The van der Waals surface area contributed by atoms with Crippen LogP contribution in [-0.4, -0.2) is 8.97 Å². The molecule has 0 aliphatic heterocycles. The van der Waals surface area contributed by atoms with E-state index in [-0.39, 0.29) is 0 Å². The molecular formula is C50H30N2. The summed E-state index contributed by atoms with van der Waals surface area (Å²) in [7, 11) is 0. The molecule has 0 amide bonds. The van der Waals surface area contributed by atoms with Crippen molar-refractivity contribution < 1.29 is 0 Å². The van der Waals surface area contributed by atoms with Gasteiger partial charge in [-0.2, -0.15) is 0 Å². The molecule has 240 valence electrons. The molecule has 3 heterocycles. The first-order chi connectivity index (χ1) is 25.8. The first-order valence-corrected chi connectivity index (χ1v) is 18.0. The summed E-state index contributed by atoms with van der Waals surface area (Å²) in [6, 6.07) is 67.0. The monoisotopic (exact) mass is 658 g/mol. The molecule has 12 rings (SSSR count). The fourth-order valence-electron chi connectivity index (χ4n) is 9.13. The van der Waals surface area contributed by atoms with Crippen LogP contribution in [0.15, 0.2) is 182 Å². The summed E-state index contributed by atoms with van der Waals surface area (Å²) in [5.74, 6) is 0. The second-order valence-corrected chi connectivity index (χ2v) is 14.1. The number of benzene rings is 9. The summed E-state index contributed by atoms with van der Waals surface area (Å²) >= 11 is 0. The molecule has 2 nitrogen and oxygen atoms in total. The molecule has 12 aromatic rings. The number of hydrogen-bond acceptors (Lipinski definition) is 0. The maximum atomic E-state index is 2.54. The van der Waals surface area contributed by atoms with Crippen LogP contribution in [0.4, 0.5) is 0 Å². The number of nitrogens with zero attached hydrogens (tertiary/aromatic N) is 2. The molecule has 0 bridgehead atoms. The summed E-state index contributed by atoms with van der Waals surface area (Å²) in [5, 5.41) is 12.9. The minimum atomic E-state index is 1.16. The average Bonchev–Trinajstić information content (AvgIpc) is 3.86. The van der Waals surface area contributed by atoms with Crippen molar-refractivity contribution in [3.05, 3.63) is 182 Å². The SMILES string of the molecule is c1ccc(-c2ccc(-c3ccc(-n4c5cc6ccccc6cc5c5c6c7cccc8c9ccccc9n(c87)c6c6ccccc6c54)cc3)cc2)cc1. The van der Waals surface area contributed by atoms with Crippen molar-refractivity contribution >= 4 is 81.4 Å². The molecule has 0 aliphatic carbocycles. The predicted molar refractivity (Wildman–Crippen MR) is 221 cm³/mol. The van der Waals surface area contributed by atoms with Crippen molar-refractivity contribution in [2.75, 3.05) is 0 Å². The third-order valence-electron chi connectivity index (χ3n) is 11.4. The van der Waals surface area contributed by atoms with Crippen molar-refractivity contribution in [1.29, 1.82) is 0 Å². The third kappa shape index (κ3) is 3.68. The van der Waals surface area contributed by atoms with Gasteiger partial charge in [-0.1, -0.05) is 152 Å². The van der Waals surface area contributed by atoms with E-state index in [2.05, 4.69) is 191 Å². The Balaban J connectivity index is 1.19. The predicted octanol–water partition coefficient (Wildman–Crippen LogP) is 13.6. The van der Waals surface area contributed by atoms with Crippen molar-refractivity contribution in [2.45, 2.75) is 0 Å². The summed E-state index contributed by atoms with van der Waals surface area (Å²) in [5.41, 5.74) is 12.4. The molecule has 52 heavy (non-hydrogen) atoms. The van der Waals surface area contributed by atoms with Gasteiger partial charge in [0.25, 0.3) is 0 Å². The van der Waals surface area contributed by atoms with E-state index in [4.69, 9.17) is 0 Å². The van der Waals surface area contributed by atoms with E-state index >= 15 is 0 Å². The number of hydrogen-bond donors (Lipinski definition) is 0. The molecule has 0 fully saturated rings. The Morgan fingerprint density at radius 2 is 0.788 bits per heavy atom. The van der Waals surface area contributed by atoms with E-state index in [0.717, 1.165) is 5.69 Å². The lowest BCUT2D eigenvalue weighted by Gasteiger charge is -2.13. The molecule has 0 N–H and O–H groups in total. The maximum absolute atomic E-state index is 2.54. The second kappa shape index (κ2) is 10.3. The third-order valence-corrected chi connectivity index (χ3v) is 11.4. The summed E-state index contributed by atoms with van der Waals surface area (Å²) in [6.07, 6.45) is 0. The molecule has 3 aromatic heterocycles. The van der Waals surface area contributed by atoms with Crippen molar-refractivity contribution in [2.24, 2.45) is 0 Å². The van der Waals surface area contributed by atoms with E-state index < -0.39 is 0 Å². The highest BCUT2D eigenvalue weighted by Gasteiger charge is 2.25. The Bertz CT molecular complexity index is 3360. The van der Waals surface area contributed by atoms with Gasteiger partial charge in [0.05, 0.1) is 27.6 Å². The van der Waals surface area contributed by atoms with E-state index in [9.17, 15) is 0 Å². The van der Waals surface area contributed by atoms with Crippen LogP contribution in [0.1, 0.15) is 0 Å². The van der Waals surface area contributed by atoms with Gasteiger partial charge in [-0.15, -0.1) is 0 Å². The number of fused-ring (bicyclic) bond motifs is 14. The average molecular weight is 659 g/mol. The van der Waals surface area contributed by atoms with Crippen molar-refractivity contribution in [1.82, 2.24) is 8.97 Å². The Morgan fingerprint density at radius 1 is 0.288 bits per heavy atom. The molecule has 9 aromatic carbocycles. The van der Waals surface area contributed by atoms with Crippen LogP contribution >= 0.6 is 0 Å². The standard InChI is InChI=1S/C50H30N2/c1-2-11-31(12-3-1)32-21-23-33(24-22-32)34-25-27-37(28-26-34)51-45-30-36-14-5-4-13-35(36)29-43(45)47-46-42-19-10-18-39-38-15-8-9-20-44(38)52(48(39)42)50(46)41-17-7-6-16-40(41)49(47)51/h1-30H. The number of para-hydroxylation sites is 2. The van der Waals surface area contributed by atoms with Crippen LogP contribution in [0.2, 0.25) is 0 Å². The Hall–Kier alpha value is -6.90. The Labute approximate surface area is 299 Å². The Kier molecular flexibility index (Phi) is 5.53. The van der Waals surface area contributed by atoms with Crippen LogP contribution in [0.5, 0.6) is 0 Å². The lowest BCUT2D eigenvalue weighted by molar-refractivity contribution is 1.19. The lowest BCUT2D eigenvalue weighted by Crippen LogP contribution is -1.95. The van der Waals surface area contributed by atoms with E-state index in [1.807, 2.05) is 0 Å². The van der Waals surface area contributed by atoms with Crippen molar-refractivity contribution in [3.63, 3.8) is 0 Å². The number of aromatic nitrogens is 2. The zero-order valence-corrected chi connectivity index (χ0v) is 28.2. The van der Waals surface area contributed by atoms with E-state index in [1.165, 1.54) is 104 Å². The van der Waals surface area contributed by atoms with Gasteiger partial charge in [0.15, 0.2) is 0 Å². The van der Waals surface area contributed by atoms with Gasteiger partial charge in [-0.25, -0.2) is 0 Å². The molecule has 0 unspecified atom stereocenters. The van der Waals surface area contributed by atoms with E-state index in [1.54, 1.807) is 0 Å². The molecule has 0 saturated carbocycles. The normalized spacial score (nSPS) is 12.2. The summed E-state index contributed by atoms with van der Waals surface area (Å²) < 4.78 is 5.06. The zero-order chi connectivity index (χ0) is 33.9. The first kappa shape index (κ1) is 27.9. The largest absolute Gasteiger partial charge is 0.309 e. The highest BCUT2D eigenvalue weighted by molar-refractivity contribution is 6.40. The Morgan fingerprint density at radius 3 is 1.52 bits per heavy atom. The summed E-state index contributed by atoms with van der Waals surface area (Å²) in [4.78, 5) is 0. The lowest BCUT2D eigenvalue weighted by atomic mass is 9.97. The molecule has 0 atom stereocenters. The fourth-order valence-corrected chi connectivity index (χ4v) is 9.13. The quantitative estimate of drug-likeness (QED) is 0.179. The highest BCUT2D eigenvalue weighted by Crippen LogP contribution is 2.49. The molecular weight excluding hydrogens is 629 g/mol. The molecule has 0 spiro atoms. The summed E-state index contributed by atoms with van der Waals surface area (Å²) in [6.45, 7) is 0. The zero-order valence-electron chi connectivity index (χ0n) is 28.2. The van der Waals surface area contributed by atoms with Gasteiger partial charge < -0.3 is 8.97 Å². The minimum absolute atomic E-state index is 1.16. The topological polar surface area (TPSA) is 9.34 Å². The highest BCUT2D eigenvalue weighted by atomic mass is 15.0. The first-order valence-electron chi connectivity index (χ1n) is 18.0. The van der Waals surface area contributed by atoms with Crippen LogP contribution in [-0.2, 0) is 0 Å². The van der Waals surface area contributed by atoms with E-state index in [0.29, 0.717) is 0 Å². The van der Waals surface area contributed by atoms with Gasteiger partial charge in [0.1, 0.15) is 0 Å². The van der Waals surface area contributed by atoms with Crippen LogP contribution in [0.25, 0.3) is 109 Å². The number of rotatable bonds is 3.